The molecule has 0 aliphatic carbocycles. The van der Waals surface area contributed by atoms with E-state index < -0.39 is 0 Å². The van der Waals surface area contributed by atoms with E-state index in [0.29, 0.717) is 13.2 Å². The summed E-state index contributed by atoms with van der Waals surface area (Å²) in [5, 5.41) is 0. The number of ether oxygens (including phenoxy) is 2. The summed E-state index contributed by atoms with van der Waals surface area (Å²) in [5.74, 6) is 1.54. The summed E-state index contributed by atoms with van der Waals surface area (Å²) in [6.07, 6.45) is 0. The first-order chi connectivity index (χ1) is 5.88. The van der Waals surface area contributed by atoms with Crippen molar-refractivity contribution in [2.24, 2.45) is 0 Å². The van der Waals surface area contributed by atoms with E-state index >= 15 is 0 Å². The number of rotatable bonds is 4. The van der Waals surface area contributed by atoms with E-state index in [1.54, 1.807) is 0 Å². The van der Waals surface area contributed by atoms with Crippen molar-refractivity contribution >= 4 is 0 Å². The van der Waals surface area contributed by atoms with Crippen LogP contribution in [0.2, 0.25) is 0 Å². The Bertz CT molecular complexity index is 208. The van der Waals surface area contributed by atoms with Crippen molar-refractivity contribution in [3.8, 4) is 11.5 Å². The Kier molecular flexibility index (Phi) is 3.45. The van der Waals surface area contributed by atoms with Crippen LogP contribution in [0.5, 0.6) is 11.5 Å². The molecule has 0 N–H and O–H groups in total. The van der Waals surface area contributed by atoms with Gasteiger partial charge in [0.15, 0.2) is 11.5 Å². The Labute approximate surface area is 73.1 Å². The third-order valence-electron chi connectivity index (χ3n) is 1.41. The first-order valence-electron chi connectivity index (χ1n) is 4.02. The molecule has 0 atom stereocenters. The predicted molar refractivity (Wildman–Crippen MR) is 48.5 cm³/mol. The maximum atomic E-state index is 5.34. The van der Waals surface area contributed by atoms with Crippen LogP contribution in [0.15, 0.2) is 24.3 Å². The molecule has 0 heterocycles. The molecular formula is C10H13O2. The molecule has 0 aliphatic heterocycles. The van der Waals surface area contributed by atoms with Gasteiger partial charge in [0.05, 0.1) is 13.2 Å². The van der Waals surface area contributed by atoms with Gasteiger partial charge in [-0.15, -0.1) is 0 Å². The SMILES string of the molecule is [CH2]COc1ccccc1OCC. The van der Waals surface area contributed by atoms with Crippen molar-refractivity contribution in [2.75, 3.05) is 13.2 Å². The van der Waals surface area contributed by atoms with Gasteiger partial charge in [-0.25, -0.2) is 0 Å². The molecule has 0 fully saturated rings. The van der Waals surface area contributed by atoms with Crippen molar-refractivity contribution in [2.45, 2.75) is 6.92 Å². The average Bonchev–Trinajstić information content (AvgIpc) is 2.09. The molecule has 1 radical (unpaired) electrons. The summed E-state index contributed by atoms with van der Waals surface area (Å²) in [5.41, 5.74) is 0. The zero-order valence-corrected chi connectivity index (χ0v) is 7.25. The highest BCUT2D eigenvalue weighted by molar-refractivity contribution is 5.39. The molecule has 1 rings (SSSR count). The molecule has 12 heavy (non-hydrogen) atoms. The van der Waals surface area contributed by atoms with Crippen LogP contribution in [0.25, 0.3) is 0 Å². The Hall–Kier alpha value is -1.18. The van der Waals surface area contributed by atoms with Crippen molar-refractivity contribution in [3.05, 3.63) is 31.2 Å². The molecule has 0 bridgehead atoms. The van der Waals surface area contributed by atoms with Crippen molar-refractivity contribution in [3.63, 3.8) is 0 Å². The summed E-state index contributed by atoms with van der Waals surface area (Å²) < 4.78 is 10.6. The van der Waals surface area contributed by atoms with E-state index in [-0.39, 0.29) is 0 Å². The van der Waals surface area contributed by atoms with Gasteiger partial charge in [-0.05, 0) is 26.0 Å². The van der Waals surface area contributed by atoms with Gasteiger partial charge in [0, 0.05) is 0 Å². The van der Waals surface area contributed by atoms with Crippen LogP contribution < -0.4 is 9.47 Å². The molecule has 0 saturated carbocycles. The summed E-state index contributed by atoms with van der Waals surface area (Å²) in [6.45, 7) is 6.62. The topological polar surface area (TPSA) is 18.5 Å². The van der Waals surface area contributed by atoms with Crippen LogP contribution in [0.3, 0.4) is 0 Å². The minimum Gasteiger partial charge on any atom is -0.490 e. The number of benzene rings is 1. The van der Waals surface area contributed by atoms with Crippen LogP contribution in [0, 0.1) is 6.92 Å². The first-order valence-corrected chi connectivity index (χ1v) is 4.02. The van der Waals surface area contributed by atoms with Gasteiger partial charge in [0.1, 0.15) is 0 Å². The van der Waals surface area contributed by atoms with E-state index in [1.807, 2.05) is 31.2 Å². The van der Waals surface area contributed by atoms with Gasteiger partial charge in [-0.1, -0.05) is 12.1 Å². The van der Waals surface area contributed by atoms with Crippen LogP contribution in [0.4, 0.5) is 0 Å². The summed E-state index contributed by atoms with van der Waals surface area (Å²) in [7, 11) is 0. The monoisotopic (exact) mass is 165 g/mol. The first kappa shape index (κ1) is 8.91. The zero-order valence-electron chi connectivity index (χ0n) is 7.25. The third kappa shape index (κ3) is 2.16. The fraction of sp³-hybridized carbons (Fsp3) is 0.300. The average molecular weight is 165 g/mol. The van der Waals surface area contributed by atoms with Gasteiger partial charge in [0.2, 0.25) is 0 Å². The number of hydrogen-bond donors (Lipinski definition) is 0. The Morgan fingerprint density at radius 3 is 2.25 bits per heavy atom. The van der Waals surface area contributed by atoms with Gasteiger partial charge in [0.25, 0.3) is 0 Å². The lowest BCUT2D eigenvalue weighted by Crippen LogP contribution is -1.97. The van der Waals surface area contributed by atoms with Crippen LogP contribution in [-0.4, -0.2) is 13.2 Å². The van der Waals surface area contributed by atoms with Gasteiger partial charge in [-0.3, -0.25) is 0 Å². The minimum absolute atomic E-state index is 0.421. The lowest BCUT2D eigenvalue weighted by molar-refractivity contribution is 0.296. The molecule has 0 aromatic heterocycles. The van der Waals surface area contributed by atoms with Crippen molar-refractivity contribution in [1.82, 2.24) is 0 Å². The molecular weight excluding hydrogens is 152 g/mol. The normalized spacial score (nSPS) is 9.50. The zero-order chi connectivity index (χ0) is 8.81. The van der Waals surface area contributed by atoms with Crippen molar-refractivity contribution < 1.29 is 9.47 Å². The maximum absolute atomic E-state index is 5.34. The lowest BCUT2D eigenvalue weighted by atomic mass is 10.3. The van der Waals surface area contributed by atoms with Gasteiger partial charge < -0.3 is 9.47 Å². The van der Waals surface area contributed by atoms with E-state index in [1.165, 1.54) is 0 Å². The fourth-order valence-electron chi connectivity index (χ4n) is 0.954. The molecule has 65 valence electrons. The Morgan fingerprint density at radius 2 is 1.75 bits per heavy atom. The molecule has 2 heteroatoms. The standard InChI is InChI=1S/C10H13O2/c1-3-11-9-7-5-6-8-10(9)12-4-2/h5-8H,1,3-4H2,2H3. The quantitative estimate of drug-likeness (QED) is 0.681. The highest BCUT2D eigenvalue weighted by atomic mass is 16.5. The maximum Gasteiger partial charge on any atom is 0.161 e. The van der Waals surface area contributed by atoms with Crippen molar-refractivity contribution in [1.29, 1.82) is 0 Å². The molecule has 0 saturated heterocycles. The van der Waals surface area contributed by atoms with Crippen LogP contribution in [-0.2, 0) is 0 Å². The second-order valence-corrected chi connectivity index (χ2v) is 2.23. The highest BCUT2D eigenvalue weighted by Crippen LogP contribution is 2.25. The second kappa shape index (κ2) is 4.65. The summed E-state index contributed by atoms with van der Waals surface area (Å²) >= 11 is 0. The second-order valence-electron chi connectivity index (χ2n) is 2.23. The predicted octanol–water partition coefficient (Wildman–Crippen LogP) is 2.30. The number of para-hydroxylation sites is 2. The summed E-state index contributed by atoms with van der Waals surface area (Å²) in [6, 6.07) is 7.58. The smallest absolute Gasteiger partial charge is 0.161 e. The van der Waals surface area contributed by atoms with E-state index in [2.05, 4.69) is 6.92 Å². The van der Waals surface area contributed by atoms with E-state index in [9.17, 15) is 0 Å². The third-order valence-corrected chi connectivity index (χ3v) is 1.41. The molecule has 0 spiro atoms. The largest absolute Gasteiger partial charge is 0.490 e. The summed E-state index contributed by atoms with van der Waals surface area (Å²) in [4.78, 5) is 0. The van der Waals surface area contributed by atoms with Gasteiger partial charge in [-0.2, -0.15) is 0 Å². The van der Waals surface area contributed by atoms with E-state index in [4.69, 9.17) is 9.47 Å². The molecule has 0 unspecified atom stereocenters. The minimum atomic E-state index is 0.421. The molecule has 1 aromatic rings. The number of hydrogen-bond acceptors (Lipinski definition) is 2. The Balaban J connectivity index is 2.77. The highest BCUT2D eigenvalue weighted by Gasteiger charge is 2.00. The van der Waals surface area contributed by atoms with Gasteiger partial charge >= 0.3 is 0 Å². The lowest BCUT2D eigenvalue weighted by Gasteiger charge is -2.09. The molecule has 1 aromatic carbocycles. The molecule has 0 aliphatic rings. The molecule has 0 amide bonds. The molecule has 2 nitrogen and oxygen atoms in total. The van der Waals surface area contributed by atoms with Crippen LogP contribution in [0.1, 0.15) is 6.92 Å². The fourth-order valence-corrected chi connectivity index (χ4v) is 0.954. The van der Waals surface area contributed by atoms with Crippen LogP contribution >= 0.6 is 0 Å². The Morgan fingerprint density at radius 1 is 1.17 bits per heavy atom. The van der Waals surface area contributed by atoms with E-state index in [0.717, 1.165) is 11.5 Å².